The fraction of sp³-hybridized carbons (Fsp3) is 0.533. The lowest BCUT2D eigenvalue weighted by Crippen LogP contribution is -2.61. The van der Waals surface area contributed by atoms with Gasteiger partial charge in [0.25, 0.3) is 5.91 Å². The molecule has 0 aliphatic carbocycles. The van der Waals surface area contributed by atoms with E-state index >= 15 is 0 Å². The zero-order valence-electron chi connectivity index (χ0n) is 24.5. The molecular formula is C30H36F2N6O5. The molecule has 43 heavy (non-hydrogen) atoms. The summed E-state index contributed by atoms with van der Waals surface area (Å²) in [6.45, 7) is 6.97. The molecule has 0 spiro atoms. The highest BCUT2D eigenvalue weighted by atomic mass is 19.1. The van der Waals surface area contributed by atoms with Crippen LogP contribution in [0.25, 0.3) is 0 Å². The van der Waals surface area contributed by atoms with Crippen molar-refractivity contribution in [2.75, 3.05) is 13.1 Å². The quantitative estimate of drug-likeness (QED) is 0.384. The van der Waals surface area contributed by atoms with E-state index < -0.39 is 88.2 Å². The van der Waals surface area contributed by atoms with Crippen LogP contribution >= 0.6 is 0 Å². The molecule has 0 saturated carbocycles. The SMILES string of the molecule is CC(C)=C[C@H]1CCN2C(=O)[C@@H](NC(=O)c3ccc(F)cc3F)C(C)(C)CNC(=O)[C@@H]3C[C@H](C[C@@H](C#N)NC(=O)[C@H]12)C(=O)N3. The van der Waals surface area contributed by atoms with Crippen molar-refractivity contribution in [1.29, 1.82) is 5.26 Å². The second-order valence-corrected chi connectivity index (χ2v) is 12.3. The summed E-state index contributed by atoms with van der Waals surface area (Å²) < 4.78 is 28.1. The molecule has 11 nitrogen and oxygen atoms in total. The number of benzene rings is 1. The third-order valence-corrected chi connectivity index (χ3v) is 8.26. The number of halogens is 2. The van der Waals surface area contributed by atoms with Gasteiger partial charge in [0.1, 0.15) is 35.8 Å². The molecule has 1 aromatic rings. The van der Waals surface area contributed by atoms with Crippen LogP contribution in [0.3, 0.4) is 0 Å². The van der Waals surface area contributed by atoms with E-state index in [0.29, 0.717) is 12.5 Å². The van der Waals surface area contributed by atoms with Gasteiger partial charge in [-0.2, -0.15) is 5.26 Å². The fourth-order valence-corrected chi connectivity index (χ4v) is 5.98. The summed E-state index contributed by atoms with van der Waals surface area (Å²) in [4.78, 5) is 68.3. The number of hydrogen-bond acceptors (Lipinski definition) is 6. The van der Waals surface area contributed by atoms with Crippen LogP contribution in [0.15, 0.2) is 29.8 Å². The smallest absolute Gasteiger partial charge is 0.254 e. The molecule has 0 radical (unpaired) electrons. The predicted molar refractivity (Wildman–Crippen MR) is 150 cm³/mol. The van der Waals surface area contributed by atoms with E-state index in [1.807, 2.05) is 26.0 Å². The van der Waals surface area contributed by atoms with Crippen molar-refractivity contribution in [1.82, 2.24) is 26.2 Å². The van der Waals surface area contributed by atoms with Crippen LogP contribution in [0.1, 0.15) is 57.3 Å². The van der Waals surface area contributed by atoms with E-state index in [-0.39, 0.29) is 25.9 Å². The fourth-order valence-electron chi connectivity index (χ4n) is 5.98. The lowest BCUT2D eigenvalue weighted by atomic mass is 9.82. The average molecular weight is 599 g/mol. The van der Waals surface area contributed by atoms with Crippen LogP contribution < -0.4 is 21.3 Å². The molecule has 2 bridgehead atoms. The van der Waals surface area contributed by atoms with Gasteiger partial charge in [0.05, 0.1) is 11.6 Å². The number of hydrogen-bond donors (Lipinski definition) is 4. The Morgan fingerprint density at radius 3 is 2.47 bits per heavy atom. The lowest BCUT2D eigenvalue weighted by molar-refractivity contribution is -0.143. The first-order valence-electron chi connectivity index (χ1n) is 14.2. The summed E-state index contributed by atoms with van der Waals surface area (Å²) in [5, 5.41) is 20.4. The number of rotatable bonds is 3. The van der Waals surface area contributed by atoms with Crippen molar-refractivity contribution < 1.29 is 32.8 Å². The molecule has 5 amide bonds. The Labute approximate surface area is 248 Å². The second-order valence-electron chi connectivity index (χ2n) is 12.3. The summed E-state index contributed by atoms with van der Waals surface area (Å²) >= 11 is 0. The van der Waals surface area contributed by atoms with Crippen molar-refractivity contribution in [3.63, 3.8) is 0 Å². The van der Waals surface area contributed by atoms with E-state index in [1.165, 1.54) is 4.90 Å². The highest BCUT2D eigenvalue weighted by Crippen LogP contribution is 2.32. The summed E-state index contributed by atoms with van der Waals surface area (Å²) in [7, 11) is 0. The standard InChI is InChI=1S/C30H36F2N6O5/c1-15(2)9-16-7-8-38-23(16)28(42)35-19(13-33)10-17-11-22(36-25(17)39)27(41)34-14-30(3,4)24(29(38)43)37-26(40)20-6-5-18(31)12-21(20)32/h5-6,9,12,16-17,19,22-24H,7-8,10-11,14H2,1-4H3,(H,34,41)(H,35,42)(H,36,39)(H,37,40)/t16-,17+,19+,22+,23+,24-/m1/s1. The molecule has 3 heterocycles. The molecule has 3 fully saturated rings. The summed E-state index contributed by atoms with van der Waals surface area (Å²) in [5.41, 5.74) is -0.765. The van der Waals surface area contributed by atoms with Gasteiger partial charge in [-0.1, -0.05) is 25.5 Å². The van der Waals surface area contributed by atoms with E-state index in [2.05, 4.69) is 21.3 Å². The van der Waals surface area contributed by atoms with Crippen LogP contribution in [0, 0.1) is 40.2 Å². The Hall–Kier alpha value is -4.34. The van der Waals surface area contributed by atoms with Gasteiger partial charge >= 0.3 is 0 Å². The van der Waals surface area contributed by atoms with Gasteiger partial charge in [-0.15, -0.1) is 0 Å². The van der Waals surface area contributed by atoms with Crippen molar-refractivity contribution in [2.24, 2.45) is 17.3 Å². The third-order valence-electron chi connectivity index (χ3n) is 8.26. The van der Waals surface area contributed by atoms with Gasteiger partial charge in [0.15, 0.2) is 0 Å². The molecule has 6 atom stereocenters. The first-order valence-corrected chi connectivity index (χ1v) is 14.2. The molecular weight excluding hydrogens is 562 g/mol. The molecule has 3 aliphatic heterocycles. The largest absolute Gasteiger partial charge is 0.354 e. The van der Waals surface area contributed by atoms with Crippen LogP contribution in [0.5, 0.6) is 0 Å². The minimum absolute atomic E-state index is 0.0146. The number of fused-ring (bicyclic) bond motifs is 3. The summed E-state index contributed by atoms with van der Waals surface area (Å²) in [6, 6.07) is 0.0841. The molecule has 3 saturated heterocycles. The molecule has 0 unspecified atom stereocenters. The van der Waals surface area contributed by atoms with Gasteiger partial charge in [0.2, 0.25) is 23.6 Å². The van der Waals surface area contributed by atoms with E-state index in [9.17, 15) is 38.0 Å². The molecule has 1 aromatic carbocycles. The van der Waals surface area contributed by atoms with E-state index in [1.54, 1.807) is 13.8 Å². The number of nitrogens with zero attached hydrogens (tertiary/aromatic N) is 2. The van der Waals surface area contributed by atoms with Crippen LogP contribution in [0.2, 0.25) is 0 Å². The Morgan fingerprint density at radius 1 is 1.09 bits per heavy atom. The maximum atomic E-state index is 14.5. The third kappa shape index (κ3) is 6.84. The maximum Gasteiger partial charge on any atom is 0.254 e. The first-order chi connectivity index (χ1) is 20.2. The number of allylic oxidation sites excluding steroid dienone is 1. The molecule has 4 N–H and O–H groups in total. The summed E-state index contributed by atoms with van der Waals surface area (Å²) in [5.74, 6) is -6.23. The molecule has 0 aromatic heterocycles. The van der Waals surface area contributed by atoms with Crippen molar-refractivity contribution in [3.05, 3.63) is 47.0 Å². The van der Waals surface area contributed by atoms with Crippen molar-refractivity contribution in [3.8, 4) is 6.07 Å². The topological polar surface area (TPSA) is 160 Å². The zero-order valence-corrected chi connectivity index (χ0v) is 24.5. The van der Waals surface area contributed by atoms with Crippen LogP contribution in [-0.2, 0) is 19.2 Å². The number of nitrogens with one attached hydrogen (secondary N) is 4. The van der Waals surface area contributed by atoms with Gasteiger partial charge in [-0.3, -0.25) is 24.0 Å². The van der Waals surface area contributed by atoms with Gasteiger partial charge < -0.3 is 26.2 Å². The van der Waals surface area contributed by atoms with Gasteiger partial charge in [-0.05, 0) is 45.2 Å². The Bertz CT molecular complexity index is 1400. The number of nitriles is 1. The highest BCUT2D eigenvalue weighted by Gasteiger charge is 2.48. The van der Waals surface area contributed by atoms with Crippen LogP contribution in [-0.4, -0.2) is 71.7 Å². The lowest BCUT2D eigenvalue weighted by Gasteiger charge is -2.38. The molecule has 3 aliphatic rings. The zero-order chi connectivity index (χ0) is 31.6. The molecule has 230 valence electrons. The average Bonchev–Trinajstić information content (AvgIpc) is 3.51. The maximum absolute atomic E-state index is 14.5. The number of carbonyl (C=O) groups is 5. The Kier molecular flexibility index (Phi) is 9.18. The predicted octanol–water partition coefficient (Wildman–Crippen LogP) is 1.31. The number of carbonyl (C=O) groups excluding carboxylic acids is 5. The summed E-state index contributed by atoms with van der Waals surface area (Å²) in [6.07, 6.45) is 2.38. The highest BCUT2D eigenvalue weighted by molar-refractivity contribution is 5.99. The van der Waals surface area contributed by atoms with Gasteiger partial charge in [0, 0.05) is 36.4 Å². The second kappa shape index (κ2) is 12.5. The normalized spacial score (nSPS) is 29.2. The monoisotopic (exact) mass is 598 g/mol. The Morgan fingerprint density at radius 2 is 1.81 bits per heavy atom. The first kappa shape index (κ1) is 31.6. The minimum Gasteiger partial charge on any atom is -0.354 e. The van der Waals surface area contributed by atoms with Gasteiger partial charge in [-0.25, -0.2) is 8.78 Å². The van der Waals surface area contributed by atoms with Crippen LogP contribution in [0.4, 0.5) is 8.78 Å². The van der Waals surface area contributed by atoms with Crippen molar-refractivity contribution >= 4 is 29.5 Å². The van der Waals surface area contributed by atoms with Crippen molar-refractivity contribution in [2.45, 2.75) is 71.1 Å². The van der Waals surface area contributed by atoms with E-state index in [0.717, 1.165) is 17.7 Å². The minimum atomic E-state index is -1.37. The number of amides is 5. The molecule has 4 rings (SSSR count). The Balaban J connectivity index is 1.76. The van der Waals surface area contributed by atoms with E-state index in [4.69, 9.17) is 0 Å². The molecule has 13 heteroatoms.